The number of anilines is 2. The molecule has 0 saturated heterocycles. The summed E-state index contributed by atoms with van der Waals surface area (Å²) < 4.78 is 29.5. The van der Waals surface area contributed by atoms with E-state index in [9.17, 15) is 13.6 Å². The van der Waals surface area contributed by atoms with E-state index >= 15 is 0 Å². The lowest BCUT2D eigenvalue weighted by molar-refractivity contribution is -0.159. The second-order valence-corrected chi connectivity index (χ2v) is 7.73. The minimum atomic E-state index is -2.91. The second-order valence-electron chi connectivity index (χ2n) is 7.73. The van der Waals surface area contributed by atoms with Crippen molar-refractivity contribution in [3.05, 3.63) is 77.9 Å². The van der Waals surface area contributed by atoms with E-state index in [1.165, 1.54) is 25.3 Å². The number of pyridine rings is 3. The molecule has 0 aliphatic heterocycles. The molecule has 0 aliphatic carbocycles. The molecule has 3 aromatic heterocycles. The number of aryl methyl sites for hydroxylation is 1. The van der Waals surface area contributed by atoms with Gasteiger partial charge < -0.3 is 15.4 Å². The van der Waals surface area contributed by atoms with E-state index in [0.717, 1.165) is 33.4 Å². The van der Waals surface area contributed by atoms with Gasteiger partial charge in [-0.25, -0.2) is 4.98 Å². The number of halogens is 2. The Morgan fingerprint density at radius 2 is 1.85 bits per heavy atom. The third-order valence-corrected chi connectivity index (χ3v) is 5.42. The van der Waals surface area contributed by atoms with Crippen LogP contribution in [0.1, 0.15) is 34.6 Å². The maximum Gasteiger partial charge on any atom is 0.345 e. The van der Waals surface area contributed by atoms with Crippen LogP contribution < -0.4 is 10.6 Å². The van der Waals surface area contributed by atoms with Gasteiger partial charge in [-0.2, -0.15) is 8.78 Å². The Morgan fingerprint density at radius 1 is 1.03 bits per heavy atom. The summed E-state index contributed by atoms with van der Waals surface area (Å²) in [7, 11) is 1.80. The van der Waals surface area contributed by atoms with E-state index in [1.54, 1.807) is 25.5 Å². The predicted octanol–water partition coefficient (Wildman–Crippen LogP) is 5.59. The number of carbonyl (C=O) groups excluding carboxylic acids is 1. The average molecular weight is 463 g/mol. The summed E-state index contributed by atoms with van der Waals surface area (Å²) in [6.45, 7) is 0.558. The van der Waals surface area contributed by atoms with Crippen molar-refractivity contribution in [3.63, 3.8) is 0 Å². The molecule has 0 fully saturated rings. The Bertz CT molecular complexity index is 1350. The van der Waals surface area contributed by atoms with Gasteiger partial charge in [-0.15, -0.1) is 0 Å². The lowest BCUT2D eigenvalue weighted by atomic mass is 10.00. The number of amides is 1. The summed E-state index contributed by atoms with van der Waals surface area (Å²) in [4.78, 5) is 25.7. The number of carbonyl (C=O) groups is 1. The fourth-order valence-corrected chi connectivity index (χ4v) is 3.57. The zero-order chi connectivity index (χ0) is 24.2. The summed E-state index contributed by atoms with van der Waals surface area (Å²) in [5.74, 6) is 0.280. The van der Waals surface area contributed by atoms with Crippen molar-refractivity contribution in [3.8, 4) is 11.1 Å². The van der Waals surface area contributed by atoms with Crippen molar-refractivity contribution in [1.29, 1.82) is 0 Å². The molecule has 0 spiro atoms. The van der Waals surface area contributed by atoms with Crippen LogP contribution in [0.25, 0.3) is 22.0 Å². The third kappa shape index (κ3) is 5.15. The summed E-state index contributed by atoms with van der Waals surface area (Å²) in [5, 5.41) is 6.71. The molecular weight excluding hydrogens is 440 g/mol. The highest BCUT2D eigenvalue weighted by Gasteiger charge is 2.16. The number of nitrogens with zero attached hydrogens (tertiary/aromatic N) is 3. The largest absolute Gasteiger partial charge is 0.373 e. The lowest BCUT2D eigenvalue weighted by Crippen LogP contribution is -2.15. The van der Waals surface area contributed by atoms with Crippen molar-refractivity contribution < 1.29 is 18.3 Å². The molecule has 9 heteroatoms. The molecule has 1 amide bonds. The van der Waals surface area contributed by atoms with Crippen LogP contribution in [0.5, 0.6) is 0 Å². The molecule has 3 heterocycles. The first kappa shape index (κ1) is 23.2. The van der Waals surface area contributed by atoms with Crippen molar-refractivity contribution >= 4 is 28.3 Å². The standard InChI is InChI=1S/C25H23F2N5O2/c1-14-4-5-19(32-24(33)22-9-16(6-7-29-22)15(2)34-25(26)27)10-20(14)17-8-18-13-31-23(28-3)11-21(18)30-12-17/h4-13,15,25H,1-3H3,(H,28,31)(H,32,33). The van der Waals surface area contributed by atoms with Gasteiger partial charge >= 0.3 is 6.61 Å². The van der Waals surface area contributed by atoms with E-state index in [0.29, 0.717) is 11.3 Å². The fraction of sp³-hybridized carbons (Fsp3) is 0.200. The topological polar surface area (TPSA) is 89.0 Å². The highest BCUT2D eigenvalue weighted by atomic mass is 19.3. The SMILES string of the molecule is CNc1cc2ncc(-c3cc(NC(=O)c4cc(C(C)OC(F)F)ccn4)ccc3C)cc2cn1. The van der Waals surface area contributed by atoms with Gasteiger partial charge in [0.1, 0.15) is 11.5 Å². The van der Waals surface area contributed by atoms with Crippen LogP contribution in [0.4, 0.5) is 20.3 Å². The number of aromatic nitrogens is 3. The van der Waals surface area contributed by atoms with E-state index in [4.69, 9.17) is 0 Å². The molecule has 7 nitrogen and oxygen atoms in total. The van der Waals surface area contributed by atoms with Gasteiger partial charge in [0.05, 0.1) is 11.6 Å². The molecule has 0 bridgehead atoms. The summed E-state index contributed by atoms with van der Waals surface area (Å²) in [6.07, 6.45) is 4.06. The van der Waals surface area contributed by atoms with E-state index < -0.39 is 18.6 Å². The molecule has 0 saturated carbocycles. The van der Waals surface area contributed by atoms with Crippen LogP contribution in [-0.2, 0) is 4.74 Å². The smallest absolute Gasteiger partial charge is 0.345 e. The minimum Gasteiger partial charge on any atom is -0.373 e. The van der Waals surface area contributed by atoms with Crippen LogP contribution in [0.2, 0.25) is 0 Å². The number of benzene rings is 1. The molecule has 4 rings (SSSR count). The Labute approximate surface area is 195 Å². The first-order chi connectivity index (χ1) is 16.3. The quantitative estimate of drug-likeness (QED) is 0.371. The van der Waals surface area contributed by atoms with Crippen molar-refractivity contribution in [2.45, 2.75) is 26.6 Å². The monoisotopic (exact) mass is 463 g/mol. The number of fused-ring (bicyclic) bond motifs is 1. The van der Waals surface area contributed by atoms with E-state index in [2.05, 4.69) is 30.3 Å². The minimum absolute atomic E-state index is 0.100. The molecular formula is C25H23F2N5O2. The number of nitrogens with one attached hydrogen (secondary N) is 2. The van der Waals surface area contributed by atoms with E-state index in [-0.39, 0.29) is 5.69 Å². The molecule has 34 heavy (non-hydrogen) atoms. The zero-order valence-electron chi connectivity index (χ0n) is 18.8. The van der Waals surface area contributed by atoms with Crippen LogP contribution in [0.3, 0.4) is 0 Å². The fourth-order valence-electron chi connectivity index (χ4n) is 3.57. The lowest BCUT2D eigenvalue weighted by Gasteiger charge is -2.14. The molecule has 0 aliphatic rings. The van der Waals surface area contributed by atoms with E-state index in [1.807, 2.05) is 31.2 Å². The van der Waals surface area contributed by atoms with Crippen LogP contribution in [0.15, 0.2) is 61.1 Å². The van der Waals surface area contributed by atoms with Crippen molar-refractivity contribution in [1.82, 2.24) is 15.0 Å². The van der Waals surface area contributed by atoms with Crippen molar-refractivity contribution in [2.24, 2.45) is 0 Å². The summed E-state index contributed by atoms with van der Waals surface area (Å²) in [6, 6.07) is 12.4. The van der Waals surface area contributed by atoms with Crippen LogP contribution in [0, 0.1) is 6.92 Å². The van der Waals surface area contributed by atoms with Crippen molar-refractivity contribution in [2.75, 3.05) is 17.7 Å². The Kier molecular flexibility index (Phi) is 6.74. The average Bonchev–Trinajstić information content (AvgIpc) is 2.84. The Morgan fingerprint density at radius 3 is 2.62 bits per heavy atom. The second kappa shape index (κ2) is 9.88. The number of hydrogen-bond acceptors (Lipinski definition) is 6. The molecule has 174 valence electrons. The molecule has 1 unspecified atom stereocenters. The Balaban J connectivity index is 1.58. The van der Waals surface area contributed by atoms with Gasteiger partial charge in [-0.3, -0.25) is 14.8 Å². The molecule has 2 N–H and O–H groups in total. The number of ether oxygens (including phenoxy) is 1. The van der Waals surface area contributed by atoms with Crippen LogP contribution in [-0.4, -0.2) is 34.5 Å². The molecule has 1 atom stereocenters. The van der Waals surface area contributed by atoms with Gasteiger partial charge in [0.2, 0.25) is 0 Å². The molecule has 0 radical (unpaired) electrons. The first-order valence-corrected chi connectivity index (χ1v) is 10.6. The molecule has 1 aromatic carbocycles. The van der Waals surface area contributed by atoms with Crippen LogP contribution >= 0.6 is 0 Å². The number of alkyl halides is 2. The van der Waals surface area contributed by atoms with Gasteiger partial charge in [0.15, 0.2) is 0 Å². The van der Waals surface area contributed by atoms with Gasteiger partial charge in [0.25, 0.3) is 5.91 Å². The van der Waals surface area contributed by atoms with Gasteiger partial charge in [0, 0.05) is 48.3 Å². The number of rotatable bonds is 7. The summed E-state index contributed by atoms with van der Waals surface area (Å²) in [5.41, 5.74) is 4.73. The predicted molar refractivity (Wildman–Crippen MR) is 127 cm³/mol. The zero-order valence-corrected chi connectivity index (χ0v) is 18.8. The number of hydrogen-bond donors (Lipinski definition) is 2. The summed E-state index contributed by atoms with van der Waals surface area (Å²) >= 11 is 0. The first-order valence-electron chi connectivity index (χ1n) is 10.6. The highest BCUT2D eigenvalue weighted by Crippen LogP contribution is 2.29. The normalized spacial score (nSPS) is 12.1. The van der Waals surface area contributed by atoms with Gasteiger partial charge in [-0.05, 0) is 60.9 Å². The third-order valence-electron chi connectivity index (χ3n) is 5.42. The molecule has 4 aromatic rings. The van der Waals surface area contributed by atoms with Gasteiger partial charge in [-0.1, -0.05) is 6.07 Å². The maximum absolute atomic E-state index is 12.8. The Hall–Kier alpha value is -3.98. The highest BCUT2D eigenvalue weighted by molar-refractivity contribution is 6.03. The maximum atomic E-state index is 12.8.